The number of hydrogen-bond donors (Lipinski definition) is 1. The average molecular weight is 289 g/mol. The van der Waals surface area contributed by atoms with E-state index in [-0.39, 0.29) is 0 Å². The lowest BCUT2D eigenvalue weighted by Gasteiger charge is -1.95. The van der Waals surface area contributed by atoms with Gasteiger partial charge in [0, 0.05) is 32.1 Å². The van der Waals surface area contributed by atoms with Gasteiger partial charge in [-0.05, 0) is 19.1 Å². The second-order valence-electron chi connectivity index (χ2n) is 5.12. The Kier molecular flexibility index (Phi) is 2.72. The molecule has 0 saturated heterocycles. The van der Waals surface area contributed by atoms with E-state index in [9.17, 15) is 0 Å². The summed E-state index contributed by atoms with van der Waals surface area (Å²) in [6.07, 6.45) is 6.12. The number of thiophene rings is 1. The molecule has 1 N–H and O–H groups in total. The van der Waals surface area contributed by atoms with Crippen molar-refractivity contribution >= 4 is 54.6 Å². The van der Waals surface area contributed by atoms with Crippen LogP contribution in [0.4, 0.5) is 0 Å². The SMILES string of the molecule is C=Cc1[nH]c2c(ccc3c4ccccc4sc32)c1/C=C\C. The van der Waals surface area contributed by atoms with Gasteiger partial charge in [-0.1, -0.05) is 49.1 Å². The summed E-state index contributed by atoms with van der Waals surface area (Å²) in [5.41, 5.74) is 3.53. The minimum Gasteiger partial charge on any atom is -0.353 e. The van der Waals surface area contributed by atoms with E-state index >= 15 is 0 Å². The van der Waals surface area contributed by atoms with E-state index in [1.54, 1.807) is 0 Å². The second-order valence-corrected chi connectivity index (χ2v) is 6.17. The van der Waals surface area contributed by atoms with Crippen LogP contribution in [0.25, 0.3) is 43.2 Å². The van der Waals surface area contributed by atoms with Crippen LogP contribution in [0.5, 0.6) is 0 Å². The molecule has 4 rings (SSSR count). The standard InChI is InChI=1S/C19H15NS/c1-3-7-12-14-10-11-15-13-8-5-6-9-17(13)21-19(15)18(14)20-16(12)4-2/h3-11,20H,2H2,1H3/b7-3-. The zero-order valence-corrected chi connectivity index (χ0v) is 12.6. The van der Waals surface area contributed by atoms with Crippen molar-refractivity contribution in [1.82, 2.24) is 4.98 Å². The van der Waals surface area contributed by atoms with Crippen LogP contribution >= 0.6 is 11.3 Å². The fourth-order valence-electron chi connectivity index (χ4n) is 2.99. The molecule has 0 aliphatic carbocycles. The molecular formula is C19H15NS. The van der Waals surface area contributed by atoms with Crippen LogP contribution in [0, 0.1) is 0 Å². The van der Waals surface area contributed by atoms with Crippen LogP contribution < -0.4 is 0 Å². The molecule has 0 aliphatic rings. The maximum atomic E-state index is 3.93. The van der Waals surface area contributed by atoms with E-state index in [1.807, 2.05) is 24.3 Å². The van der Waals surface area contributed by atoms with Crippen LogP contribution in [0.3, 0.4) is 0 Å². The van der Waals surface area contributed by atoms with Gasteiger partial charge in [-0.25, -0.2) is 0 Å². The summed E-state index contributed by atoms with van der Waals surface area (Å²) in [5.74, 6) is 0. The first kappa shape index (κ1) is 12.4. The van der Waals surface area contributed by atoms with Crippen molar-refractivity contribution in [3.05, 3.63) is 60.3 Å². The van der Waals surface area contributed by atoms with Gasteiger partial charge >= 0.3 is 0 Å². The highest BCUT2D eigenvalue weighted by Gasteiger charge is 2.13. The fourth-order valence-corrected chi connectivity index (χ4v) is 4.20. The van der Waals surface area contributed by atoms with E-state index < -0.39 is 0 Å². The Labute approximate surface area is 127 Å². The Morgan fingerprint density at radius 3 is 2.67 bits per heavy atom. The summed E-state index contributed by atoms with van der Waals surface area (Å²) >= 11 is 1.85. The molecule has 2 heteroatoms. The third-order valence-corrected chi connectivity index (χ3v) is 5.13. The monoisotopic (exact) mass is 289 g/mol. The van der Waals surface area contributed by atoms with Crippen LogP contribution in [0.15, 0.2) is 49.1 Å². The summed E-state index contributed by atoms with van der Waals surface area (Å²) in [5, 5.41) is 3.93. The van der Waals surface area contributed by atoms with Crippen molar-refractivity contribution in [1.29, 1.82) is 0 Å². The molecule has 0 fully saturated rings. The molecule has 0 aliphatic heterocycles. The van der Waals surface area contributed by atoms with Crippen LogP contribution in [0.2, 0.25) is 0 Å². The lowest BCUT2D eigenvalue weighted by atomic mass is 10.1. The predicted molar refractivity (Wildman–Crippen MR) is 96.0 cm³/mol. The van der Waals surface area contributed by atoms with E-state index in [0.717, 1.165) is 5.69 Å². The summed E-state index contributed by atoms with van der Waals surface area (Å²) < 4.78 is 2.66. The molecule has 21 heavy (non-hydrogen) atoms. The van der Waals surface area contributed by atoms with Crippen molar-refractivity contribution in [2.75, 3.05) is 0 Å². The Hall–Kier alpha value is -2.32. The highest BCUT2D eigenvalue weighted by Crippen LogP contribution is 2.39. The molecule has 1 nitrogen and oxygen atoms in total. The van der Waals surface area contributed by atoms with Crippen molar-refractivity contribution < 1.29 is 0 Å². The molecule has 2 aromatic heterocycles. The number of allylic oxidation sites excluding steroid dienone is 1. The van der Waals surface area contributed by atoms with Crippen molar-refractivity contribution in [3.8, 4) is 0 Å². The molecule has 0 unspecified atom stereocenters. The van der Waals surface area contributed by atoms with Crippen LogP contribution in [-0.2, 0) is 0 Å². The Balaban J connectivity index is 2.21. The Morgan fingerprint density at radius 1 is 1.05 bits per heavy atom. The number of benzene rings is 2. The number of aromatic nitrogens is 1. The zero-order valence-electron chi connectivity index (χ0n) is 11.8. The van der Waals surface area contributed by atoms with Gasteiger partial charge in [0.2, 0.25) is 0 Å². The number of hydrogen-bond acceptors (Lipinski definition) is 1. The van der Waals surface area contributed by atoms with Crippen molar-refractivity contribution in [3.63, 3.8) is 0 Å². The first-order valence-corrected chi connectivity index (χ1v) is 7.86. The quantitative estimate of drug-likeness (QED) is 0.451. The highest BCUT2D eigenvalue weighted by molar-refractivity contribution is 7.26. The van der Waals surface area contributed by atoms with Crippen LogP contribution in [0.1, 0.15) is 18.2 Å². The van der Waals surface area contributed by atoms with E-state index in [2.05, 4.69) is 60.1 Å². The third-order valence-electron chi connectivity index (χ3n) is 3.92. The molecule has 0 radical (unpaired) electrons. The summed E-state index contributed by atoms with van der Waals surface area (Å²) in [4.78, 5) is 3.54. The molecule has 0 saturated carbocycles. The smallest absolute Gasteiger partial charge is 0.0646 e. The van der Waals surface area contributed by atoms with Crippen molar-refractivity contribution in [2.45, 2.75) is 6.92 Å². The minimum absolute atomic E-state index is 1.09. The van der Waals surface area contributed by atoms with E-state index in [1.165, 1.54) is 36.6 Å². The lowest BCUT2D eigenvalue weighted by Crippen LogP contribution is -1.73. The Morgan fingerprint density at radius 2 is 1.86 bits per heavy atom. The molecule has 2 aromatic carbocycles. The number of aromatic amines is 1. The number of fused-ring (bicyclic) bond motifs is 5. The number of H-pyrrole nitrogens is 1. The first-order valence-electron chi connectivity index (χ1n) is 7.04. The average Bonchev–Trinajstić information content (AvgIpc) is 3.06. The van der Waals surface area contributed by atoms with Gasteiger partial charge in [0.1, 0.15) is 0 Å². The van der Waals surface area contributed by atoms with Crippen molar-refractivity contribution in [2.24, 2.45) is 0 Å². The minimum atomic E-state index is 1.09. The summed E-state index contributed by atoms with van der Waals surface area (Å²) in [6, 6.07) is 13.1. The van der Waals surface area contributed by atoms with Gasteiger partial charge in [-0.3, -0.25) is 0 Å². The molecule has 4 aromatic rings. The van der Waals surface area contributed by atoms with Gasteiger partial charge in [0.05, 0.1) is 10.2 Å². The third kappa shape index (κ3) is 1.69. The number of rotatable bonds is 2. The molecular weight excluding hydrogens is 274 g/mol. The second kappa shape index (κ2) is 4.61. The van der Waals surface area contributed by atoms with Gasteiger partial charge < -0.3 is 4.98 Å². The van der Waals surface area contributed by atoms with Gasteiger partial charge in [0.25, 0.3) is 0 Å². The molecule has 0 spiro atoms. The molecule has 0 bridgehead atoms. The van der Waals surface area contributed by atoms with Gasteiger partial charge in [-0.15, -0.1) is 11.3 Å². The molecule has 0 amide bonds. The maximum Gasteiger partial charge on any atom is 0.0646 e. The highest BCUT2D eigenvalue weighted by atomic mass is 32.1. The zero-order chi connectivity index (χ0) is 14.4. The lowest BCUT2D eigenvalue weighted by molar-refractivity contribution is 1.44. The molecule has 0 atom stereocenters. The van der Waals surface area contributed by atoms with E-state index in [4.69, 9.17) is 0 Å². The topological polar surface area (TPSA) is 15.8 Å². The predicted octanol–water partition coefficient (Wildman–Crippen LogP) is 6.21. The van der Waals surface area contributed by atoms with Gasteiger partial charge in [0.15, 0.2) is 0 Å². The maximum absolute atomic E-state index is 3.93. The van der Waals surface area contributed by atoms with Gasteiger partial charge in [-0.2, -0.15) is 0 Å². The molecule has 102 valence electrons. The molecule has 2 heterocycles. The number of nitrogens with one attached hydrogen (secondary N) is 1. The normalized spacial score (nSPS) is 12.0. The largest absolute Gasteiger partial charge is 0.353 e. The fraction of sp³-hybridized carbons (Fsp3) is 0.0526. The Bertz CT molecular complexity index is 1010. The van der Waals surface area contributed by atoms with E-state index in [0.29, 0.717) is 0 Å². The first-order chi connectivity index (χ1) is 10.3. The summed E-state index contributed by atoms with van der Waals surface area (Å²) in [6.45, 7) is 5.98. The van der Waals surface area contributed by atoms with Crippen LogP contribution in [-0.4, -0.2) is 4.98 Å². The summed E-state index contributed by atoms with van der Waals surface area (Å²) in [7, 11) is 0.